The second-order valence-electron chi connectivity index (χ2n) is 2.66. The van der Waals surface area contributed by atoms with Gasteiger partial charge >= 0.3 is 0 Å². The molecular weight excluding hydrogens is 134 g/mol. The lowest BCUT2D eigenvalue weighted by Gasteiger charge is -2.09. The minimum Gasteiger partial charge on any atom is -0.351 e. The topological polar surface area (TPSA) is 58.6 Å². The first-order valence-electron chi connectivity index (χ1n) is 3.25. The first kappa shape index (κ1) is 7.50. The molecule has 0 aromatic rings. The fraction of sp³-hybridized carbons (Fsp3) is 0.833. The molecule has 0 saturated carbocycles. The van der Waals surface area contributed by atoms with Gasteiger partial charge in [0.25, 0.3) is 5.91 Å². The van der Waals surface area contributed by atoms with Gasteiger partial charge in [0.15, 0.2) is 0 Å². The van der Waals surface area contributed by atoms with Gasteiger partial charge in [0.1, 0.15) is 6.10 Å². The number of hydrogen-bond acceptors (Lipinski definition) is 3. The van der Waals surface area contributed by atoms with Crippen LogP contribution in [0.15, 0.2) is 0 Å². The Labute approximate surface area is 59.2 Å². The van der Waals surface area contributed by atoms with Crippen molar-refractivity contribution in [1.82, 2.24) is 5.32 Å². The van der Waals surface area contributed by atoms with E-state index in [9.17, 15) is 4.79 Å². The Kier molecular flexibility index (Phi) is 1.92. The van der Waals surface area contributed by atoms with E-state index in [4.69, 9.17) is 9.84 Å². The minimum absolute atomic E-state index is 0.108. The average molecular weight is 145 g/mol. The molecule has 1 aliphatic heterocycles. The highest BCUT2D eigenvalue weighted by Gasteiger charge is 2.33. The van der Waals surface area contributed by atoms with Gasteiger partial charge in [-0.2, -0.15) is 0 Å². The Balaban J connectivity index is 2.55. The summed E-state index contributed by atoms with van der Waals surface area (Å²) in [5.74, 6) is -0.125. The molecule has 2 N–H and O–H groups in total. The van der Waals surface area contributed by atoms with Crippen molar-refractivity contribution < 1.29 is 14.6 Å². The number of aliphatic hydroxyl groups excluding tert-OH is 1. The van der Waals surface area contributed by atoms with E-state index in [-0.39, 0.29) is 11.8 Å². The maximum absolute atomic E-state index is 10.8. The van der Waals surface area contributed by atoms with Crippen LogP contribution in [0.4, 0.5) is 0 Å². The van der Waals surface area contributed by atoms with E-state index in [0.717, 1.165) is 0 Å². The van der Waals surface area contributed by atoms with Gasteiger partial charge in [-0.05, 0) is 5.92 Å². The highest BCUT2D eigenvalue weighted by atomic mass is 16.6. The summed E-state index contributed by atoms with van der Waals surface area (Å²) in [6, 6.07) is 0. The molecule has 1 saturated heterocycles. The van der Waals surface area contributed by atoms with Crippen molar-refractivity contribution in [3.63, 3.8) is 0 Å². The fourth-order valence-electron chi connectivity index (χ4n) is 0.898. The number of rotatable bonds is 1. The smallest absolute Gasteiger partial charge is 0.253 e. The zero-order valence-electron chi connectivity index (χ0n) is 6.00. The summed E-state index contributed by atoms with van der Waals surface area (Å²) in [6.45, 7) is 3.73. The first-order valence-corrected chi connectivity index (χ1v) is 3.25. The second kappa shape index (κ2) is 2.56. The molecule has 1 aliphatic rings. The van der Waals surface area contributed by atoms with Gasteiger partial charge in [0, 0.05) is 0 Å². The molecule has 0 aromatic heterocycles. The quantitative estimate of drug-likeness (QED) is 0.519. The maximum Gasteiger partial charge on any atom is 0.253 e. The molecule has 1 amide bonds. The summed E-state index contributed by atoms with van der Waals surface area (Å²) in [6.07, 6.45) is -1.60. The van der Waals surface area contributed by atoms with Gasteiger partial charge in [0.2, 0.25) is 6.41 Å². The van der Waals surface area contributed by atoms with Crippen LogP contribution >= 0.6 is 0 Å². The normalized spacial score (nSPS) is 33.0. The highest BCUT2D eigenvalue weighted by Crippen LogP contribution is 2.12. The standard InChI is InChI=1S/C6H11NO3/c1-3(2)4-5(8)7-6(9)10-4/h3-4,6,9H,1-2H3,(H,7,8). The van der Waals surface area contributed by atoms with Crippen molar-refractivity contribution in [3.05, 3.63) is 0 Å². The number of carbonyl (C=O) groups excluding carboxylic acids is 1. The molecule has 2 atom stereocenters. The van der Waals surface area contributed by atoms with Gasteiger partial charge in [-0.15, -0.1) is 0 Å². The largest absolute Gasteiger partial charge is 0.351 e. The summed E-state index contributed by atoms with van der Waals surface area (Å²) in [5.41, 5.74) is 0. The molecule has 0 spiro atoms. The summed E-state index contributed by atoms with van der Waals surface area (Å²) in [5, 5.41) is 11.0. The Bertz CT molecular complexity index is 146. The van der Waals surface area contributed by atoms with E-state index in [0.29, 0.717) is 0 Å². The van der Waals surface area contributed by atoms with E-state index in [1.165, 1.54) is 0 Å². The predicted molar refractivity (Wildman–Crippen MR) is 33.9 cm³/mol. The van der Waals surface area contributed by atoms with E-state index in [1.807, 2.05) is 13.8 Å². The Morgan fingerprint density at radius 3 is 2.50 bits per heavy atom. The third kappa shape index (κ3) is 1.27. The molecule has 1 fully saturated rings. The maximum atomic E-state index is 10.8. The Hall–Kier alpha value is -0.610. The van der Waals surface area contributed by atoms with E-state index in [1.54, 1.807) is 0 Å². The van der Waals surface area contributed by atoms with Gasteiger partial charge in [-0.25, -0.2) is 0 Å². The lowest BCUT2D eigenvalue weighted by molar-refractivity contribution is -0.129. The van der Waals surface area contributed by atoms with E-state index < -0.39 is 12.5 Å². The number of nitrogens with one attached hydrogen (secondary N) is 1. The number of amides is 1. The molecule has 0 bridgehead atoms. The average Bonchev–Trinajstić information content (AvgIpc) is 2.10. The van der Waals surface area contributed by atoms with Crippen LogP contribution in [0.2, 0.25) is 0 Å². The van der Waals surface area contributed by atoms with Crippen molar-refractivity contribution in [3.8, 4) is 0 Å². The molecular formula is C6H11NO3. The van der Waals surface area contributed by atoms with E-state index in [2.05, 4.69) is 5.32 Å². The van der Waals surface area contributed by atoms with Crippen LogP contribution in [0, 0.1) is 5.92 Å². The zero-order chi connectivity index (χ0) is 7.72. The summed E-state index contributed by atoms with van der Waals surface area (Å²) >= 11 is 0. The molecule has 0 aliphatic carbocycles. The number of ether oxygens (including phenoxy) is 1. The van der Waals surface area contributed by atoms with Crippen LogP contribution in [0.25, 0.3) is 0 Å². The molecule has 0 radical (unpaired) electrons. The lowest BCUT2D eigenvalue weighted by atomic mass is 10.1. The number of carbonyl (C=O) groups is 1. The minimum atomic E-state index is -1.11. The van der Waals surface area contributed by atoms with Crippen LogP contribution in [0.3, 0.4) is 0 Å². The SMILES string of the molecule is CC(C)C1OC(O)NC1=O. The first-order chi connectivity index (χ1) is 4.61. The van der Waals surface area contributed by atoms with Gasteiger partial charge in [0.05, 0.1) is 0 Å². The molecule has 2 unspecified atom stereocenters. The van der Waals surface area contributed by atoms with E-state index >= 15 is 0 Å². The summed E-state index contributed by atoms with van der Waals surface area (Å²) in [7, 11) is 0. The molecule has 1 heterocycles. The monoisotopic (exact) mass is 145 g/mol. The predicted octanol–water partition coefficient (Wildman–Crippen LogP) is -0.567. The van der Waals surface area contributed by atoms with Crippen LogP contribution in [-0.2, 0) is 9.53 Å². The van der Waals surface area contributed by atoms with Crippen LogP contribution in [0.5, 0.6) is 0 Å². The second-order valence-corrected chi connectivity index (χ2v) is 2.66. The third-order valence-electron chi connectivity index (χ3n) is 1.41. The van der Waals surface area contributed by atoms with Crippen molar-refractivity contribution in [1.29, 1.82) is 0 Å². The molecule has 4 nitrogen and oxygen atoms in total. The van der Waals surface area contributed by atoms with Crippen LogP contribution in [0.1, 0.15) is 13.8 Å². The van der Waals surface area contributed by atoms with Crippen LogP contribution < -0.4 is 5.32 Å². The molecule has 10 heavy (non-hydrogen) atoms. The van der Waals surface area contributed by atoms with Crippen molar-refractivity contribution in [2.24, 2.45) is 5.92 Å². The third-order valence-corrected chi connectivity index (χ3v) is 1.41. The Morgan fingerprint density at radius 1 is 1.70 bits per heavy atom. The zero-order valence-corrected chi connectivity index (χ0v) is 6.00. The van der Waals surface area contributed by atoms with Crippen molar-refractivity contribution in [2.75, 3.05) is 0 Å². The summed E-state index contributed by atoms with van der Waals surface area (Å²) in [4.78, 5) is 10.8. The number of hydrogen-bond donors (Lipinski definition) is 2. The summed E-state index contributed by atoms with van der Waals surface area (Å²) < 4.78 is 4.83. The molecule has 4 heteroatoms. The molecule has 1 rings (SSSR count). The van der Waals surface area contributed by atoms with Crippen molar-refractivity contribution in [2.45, 2.75) is 26.4 Å². The van der Waals surface area contributed by atoms with Gasteiger partial charge in [-0.1, -0.05) is 13.8 Å². The Morgan fingerprint density at radius 2 is 2.30 bits per heavy atom. The van der Waals surface area contributed by atoms with Crippen LogP contribution in [-0.4, -0.2) is 23.5 Å². The number of aliphatic hydroxyl groups is 1. The highest BCUT2D eigenvalue weighted by molar-refractivity contribution is 5.82. The van der Waals surface area contributed by atoms with Crippen molar-refractivity contribution >= 4 is 5.91 Å². The van der Waals surface area contributed by atoms with Gasteiger partial charge in [-0.3, -0.25) is 4.79 Å². The lowest BCUT2D eigenvalue weighted by Crippen LogP contribution is -2.29. The molecule has 0 aromatic carbocycles. The van der Waals surface area contributed by atoms with Gasteiger partial charge < -0.3 is 15.2 Å². The molecule has 58 valence electrons. The fourth-order valence-corrected chi connectivity index (χ4v) is 0.898.